The van der Waals surface area contributed by atoms with E-state index in [1.807, 2.05) is 0 Å². The normalized spacial score (nSPS) is 12.2. The Labute approximate surface area is 163 Å². The number of esters is 1. The summed E-state index contributed by atoms with van der Waals surface area (Å²) in [5, 5.41) is 3.80. The lowest BCUT2D eigenvalue weighted by atomic mass is 10.1. The number of amides is 1. The van der Waals surface area contributed by atoms with Crippen LogP contribution in [-0.2, 0) is 4.74 Å². The van der Waals surface area contributed by atoms with E-state index in [0.717, 1.165) is 10.1 Å². The first kappa shape index (κ1) is 17.6. The summed E-state index contributed by atoms with van der Waals surface area (Å²) in [5.74, 6) is 0.323. The molecular formula is C19H14ClNO5S. The van der Waals surface area contributed by atoms with Crippen LogP contribution in [0.3, 0.4) is 0 Å². The SMILES string of the molecule is CCOC(=O)c1ccccc1NC(=O)c1sc2cc3c(cc2c1Cl)OCO3. The van der Waals surface area contributed by atoms with E-state index < -0.39 is 11.9 Å². The van der Waals surface area contributed by atoms with Crippen LogP contribution in [0.25, 0.3) is 10.1 Å². The third kappa shape index (κ3) is 3.20. The van der Waals surface area contributed by atoms with Crippen molar-refractivity contribution < 1.29 is 23.8 Å². The maximum absolute atomic E-state index is 12.8. The van der Waals surface area contributed by atoms with Crippen LogP contribution in [0.5, 0.6) is 11.5 Å². The van der Waals surface area contributed by atoms with Crippen molar-refractivity contribution in [3.05, 3.63) is 51.9 Å². The summed E-state index contributed by atoms with van der Waals surface area (Å²) >= 11 is 7.68. The second-order valence-electron chi connectivity index (χ2n) is 5.67. The smallest absolute Gasteiger partial charge is 0.340 e. The van der Waals surface area contributed by atoms with Crippen molar-refractivity contribution in [2.75, 3.05) is 18.7 Å². The highest BCUT2D eigenvalue weighted by Crippen LogP contribution is 2.43. The number of anilines is 1. The van der Waals surface area contributed by atoms with Gasteiger partial charge in [0.05, 0.1) is 22.9 Å². The van der Waals surface area contributed by atoms with Gasteiger partial charge in [0.2, 0.25) is 6.79 Å². The minimum atomic E-state index is -0.499. The van der Waals surface area contributed by atoms with Crippen LogP contribution < -0.4 is 14.8 Å². The van der Waals surface area contributed by atoms with Crippen LogP contribution in [0.1, 0.15) is 27.0 Å². The Morgan fingerprint density at radius 2 is 1.96 bits per heavy atom. The van der Waals surface area contributed by atoms with Crippen LogP contribution in [0.2, 0.25) is 5.02 Å². The molecule has 0 unspecified atom stereocenters. The molecule has 0 saturated carbocycles. The first-order chi connectivity index (χ1) is 13.1. The van der Waals surface area contributed by atoms with Gasteiger partial charge in [0.1, 0.15) is 4.88 Å². The van der Waals surface area contributed by atoms with Gasteiger partial charge in [-0.15, -0.1) is 11.3 Å². The first-order valence-corrected chi connectivity index (χ1v) is 9.37. The van der Waals surface area contributed by atoms with Crippen LogP contribution in [0.15, 0.2) is 36.4 Å². The van der Waals surface area contributed by atoms with Crippen molar-refractivity contribution >= 4 is 50.6 Å². The summed E-state index contributed by atoms with van der Waals surface area (Å²) in [6.45, 7) is 2.14. The highest BCUT2D eigenvalue weighted by molar-refractivity contribution is 7.21. The van der Waals surface area contributed by atoms with Gasteiger partial charge in [0.25, 0.3) is 5.91 Å². The lowest BCUT2D eigenvalue weighted by molar-refractivity contribution is 0.0527. The number of ether oxygens (including phenoxy) is 3. The van der Waals surface area contributed by atoms with Gasteiger partial charge < -0.3 is 19.5 Å². The third-order valence-electron chi connectivity index (χ3n) is 4.00. The zero-order valence-corrected chi connectivity index (χ0v) is 15.8. The molecule has 0 radical (unpaired) electrons. The predicted octanol–water partition coefficient (Wildman–Crippen LogP) is 4.71. The molecule has 2 heterocycles. The van der Waals surface area contributed by atoms with Gasteiger partial charge >= 0.3 is 5.97 Å². The van der Waals surface area contributed by atoms with Crippen molar-refractivity contribution in [2.24, 2.45) is 0 Å². The third-order valence-corrected chi connectivity index (χ3v) is 5.66. The molecule has 0 saturated heterocycles. The summed E-state index contributed by atoms with van der Waals surface area (Å²) in [5.41, 5.74) is 0.648. The number of halogens is 1. The van der Waals surface area contributed by atoms with Gasteiger partial charge in [-0.25, -0.2) is 4.79 Å². The molecule has 27 heavy (non-hydrogen) atoms. The molecule has 1 N–H and O–H groups in total. The van der Waals surface area contributed by atoms with Gasteiger partial charge in [-0.2, -0.15) is 0 Å². The number of hydrogen-bond acceptors (Lipinski definition) is 6. The number of carbonyl (C=O) groups is 2. The van der Waals surface area contributed by atoms with Gasteiger partial charge in [0.15, 0.2) is 11.5 Å². The van der Waals surface area contributed by atoms with E-state index in [0.29, 0.717) is 27.1 Å². The predicted molar refractivity (Wildman–Crippen MR) is 103 cm³/mol. The maximum Gasteiger partial charge on any atom is 0.340 e. The number of fused-ring (bicyclic) bond motifs is 2. The second kappa shape index (κ2) is 7.09. The lowest BCUT2D eigenvalue weighted by Crippen LogP contribution is -2.15. The Balaban J connectivity index is 1.66. The monoisotopic (exact) mass is 403 g/mol. The van der Waals surface area contributed by atoms with Gasteiger partial charge in [-0.05, 0) is 25.1 Å². The molecule has 1 aromatic heterocycles. The van der Waals surface area contributed by atoms with E-state index in [-0.39, 0.29) is 19.0 Å². The molecule has 0 spiro atoms. The highest BCUT2D eigenvalue weighted by Gasteiger charge is 2.23. The van der Waals surface area contributed by atoms with E-state index in [4.69, 9.17) is 25.8 Å². The molecule has 138 valence electrons. The molecule has 0 fully saturated rings. The number of benzene rings is 2. The summed E-state index contributed by atoms with van der Waals surface area (Å²) in [6.07, 6.45) is 0. The minimum Gasteiger partial charge on any atom is -0.462 e. The Morgan fingerprint density at radius 1 is 1.22 bits per heavy atom. The van der Waals surface area contributed by atoms with E-state index in [9.17, 15) is 9.59 Å². The number of para-hydroxylation sites is 1. The molecule has 2 aromatic carbocycles. The first-order valence-electron chi connectivity index (χ1n) is 8.17. The molecular weight excluding hydrogens is 390 g/mol. The molecule has 0 atom stereocenters. The molecule has 6 nitrogen and oxygen atoms in total. The van der Waals surface area contributed by atoms with Gasteiger partial charge in [-0.1, -0.05) is 23.7 Å². The number of thiophene rings is 1. The largest absolute Gasteiger partial charge is 0.462 e. The van der Waals surface area contributed by atoms with Gasteiger partial charge in [0, 0.05) is 16.2 Å². The number of nitrogens with one attached hydrogen (secondary N) is 1. The molecule has 1 aliphatic rings. The van der Waals surface area contributed by atoms with Crippen LogP contribution in [0, 0.1) is 0 Å². The van der Waals surface area contributed by atoms with E-state index in [1.165, 1.54) is 11.3 Å². The quantitative estimate of drug-likeness (QED) is 0.638. The standard InChI is InChI=1S/C19H14ClNO5S/c1-2-24-19(23)10-5-3-4-6-12(10)21-18(22)17-16(20)11-7-13-14(26-9-25-13)8-15(11)27-17/h3-8H,2,9H2,1H3,(H,21,22). The molecule has 1 aliphatic heterocycles. The fraction of sp³-hybridized carbons (Fsp3) is 0.158. The van der Waals surface area contributed by atoms with Crippen molar-refractivity contribution in [2.45, 2.75) is 6.92 Å². The van der Waals surface area contributed by atoms with Crippen LogP contribution >= 0.6 is 22.9 Å². The van der Waals surface area contributed by atoms with Crippen LogP contribution in [0.4, 0.5) is 5.69 Å². The van der Waals surface area contributed by atoms with Crippen molar-refractivity contribution in [1.29, 1.82) is 0 Å². The molecule has 0 bridgehead atoms. The zero-order chi connectivity index (χ0) is 19.0. The topological polar surface area (TPSA) is 73.9 Å². The number of carbonyl (C=O) groups excluding carboxylic acids is 2. The summed E-state index contributed by atoms with van der Waals surface area (Å²) in [6, 6.07) is 10.2. The summed E-state index contributed by atoms with van der Waals surface area (Å²) in [7, 11) is 0. The average molecular weight is 404 g/mol. The average Bonchev–Trinajstić information content (AvgIpc) is 3.24. The summed E-state index contributed by atoms with van der Waals surface area (Å²) in [4.78, 5) is 25.2. The maximum atomic E-state index is 12.8. The van der Waals surface area contributed by atoms with E-state index in [1.54, 1.807) is 43.3 Å². The molecule has 8 heteroatoms. The number of rotatable bonds is 4. The van der Waals surface area contributed by atoms with Crippen LogP contribution in [-0.4, -0.2) is 25.3 Å². The Kier molecular flexibility index (Phi) is 4.63. The fourth-order valence-corrected chi connectivity index (χ4v) is 4.17. The highest BCUT2D eigenvalue weighted by atomic mass is 35.5. The van der Waals surface area contributed by atoms with Gasteiger partial charge in [-0.3, -0.25) is 4.79 Å². The van der Waals surface area contributed by atoms with Crippen molar-refractivity contribution in [3.63, 3.8) is 0 Å². The molecule has 1 amide bonds. The fourth-order valence-electron chi connectivity index (χ4n) is 2.76. The minimum absolute atomic E-state index is 0.169. The van der Waals surface area contributed by atoms with Crippen molar-refractivity contribution in [1.82, 2.24) is 0 Å². The molecule has 3 aromatic rings. The Bertz CT molecular complexity index is 1060. The summed E-state index contributed by atoms with van der Waals surface area (Å²) < 4.78 is 16.6. The molecule has 4 rings (SSSR count). The second-order valence-corrected chi connectivity index (χ2v) is 7.10. The van der Waals surface area contributed by atoms with E-state index in [2.05, 4.69) is 5.32 Å². The van der Waals surface area contributed by atoms with E-state index >= 15 is 0 Å². The molecule has 0 aliphatic carbocycles. The lowest BCUT2D eigenvalue weighted by Gasteiger charge is -2.09. The van der Waals surface area contributed by atoms with Crippen molar-refractivity contribution in [3.8, 4) is 11.5 Å². The Hall–Kier alpha value is -2.77. The number of hydrogen-bond donors (Lipinski definition) is 1. The Morgan fingerprint density at radius 3 is 2.74 bits per heavy atom. The zero-order valence-electron chi connectivity index (χ0n) is 14.2.